The van der Waals surface area contributed by atoms with Crippen LogP contribution in [0.2, 0.25) is 0 Å². The van der Waals surface area contributed by atoms with Crippen LogP contribution in [0.25, 0.3) is 0 Å². The number of carbonyl (C=O) groups is 2. The number of rotatable bonds is 2. The fraction of sp³-hybridized carbons (Fsp3) is 0.615. The number of ether oxygens (including phenoxy) is 1. The molecular formula is C13H19N3O3. The predicted molar refractivity (Wildman–Crippen MR) is 69.1 cm³/mol. The summed E-state index contributed by atoms with van der Waals surface area (Å²) in [5, 5.41) is 4.14. The van der Waals surface area contributed by atoms with Crippen molar-refractivity contribution in [1.82, 2.24) is 14.7 Å². The molecule has 0 aliphatic carbocycles. The lowest BCUT2D eigenvalue weighted by molar-refractivity contribution is -0.000593. The highest BCUT2D eigenvalue weighted by atomic mass is 16.6. The normalized spacial score (nSPS) is 16.1. The van der Waals surface area contributed by atoms with Crippen LogP contribution in [0.3, 0.4) is 0 Å². The van der Waals surface area contributed by atoms with Crippen molar-refractivity contribution in [2.75, 3.05) is 13.1 Å². The SMILES string of the molecule is CC(=O)c1ccnn1C1CN(C(=O)OC(C)(C)C)C1. The molecule has 1 aromatic rings. The molecule has 1 fully saturated rings. The maximum atomic E-state index is 11.8. The van der Waals surface area contributed by atoms with Gasteiger partial charge in [0.1, 0.15) is 11.3 Å². The predicted octanol–water partition coefficient (Wildman–Crippen LogP) is 1.88. The van der Waals surface area contributed by atoms with Crippen LogP contribution in [0.1, 0.15) is 44.2 Å². The van der Waals surface area contributed by atoms with Crippen molar-refractivity contribution < 1.29 is 14.3 Å². The van der Waals surface area contributed by atoms with E-state index in [1.807, 2.05) is 20.8 Å². The van der Waals surface area contributed by atoms with E-state index in [1.54, 1.807) is 21.8 Å². The zero-order valence-corrected chi connectivity index (χ0v) is 11.7. The minimum Gasteiger partial charge on any atom is -0.444 e. The van der Waals surface area contributed by atoms with Crippen LogP contribution < -0.4 is 0 Å². The molecule has 1 aliphatic heterocycles. The minimum atomic E-state index is -0.488. The Balaban J connectivity index is 1.94. The molecule has 0 N–H and O–H groups in total. The highest BCUT2D eigenvalue weighted by Gasteiger charge is 2.36. The Morgan fingerprint density at radius 1 is 1.37 bits per heavy atom. The number of ketones is 1. The minimum absolute atomic E-state index is 0.0202. The average Bonchev–Trinajstić information content (AvgIpc) is 2.60. The van der Waals surface area contributed by atoms with Crippen LogP contribution in [-0.2, 0) is 4.74 Å². The molecule has 2 heterocycles. The quantitative estimate of drug-likeness (QED) is 0.766. The molecule has 0 aromatic carbocycles. The molecule has 6 heteroatoms. The second-order valence-electron chi connectivity index (χ2n) is 5.76. The smallest absolute Gasteiger partial charge is 0.410 e. The first-order chi connectivity index (χ1) is 8.78. The molecule has 19 heavy (non-hydrogen) atoms. The standard InChI is InChI=1S/C13H19N3O3/c1-9(17)11-5-6-14-16(11)10-7-15(8-10)12(18)19-13(2,3)4/h5-6,10H,7-8H2,1-4H3. The number of amides is 1. The van der Waals surface area contributed by atoms with Gasteiger partial charge in [-0.25, -0.2) is 4.79 Å². The molecule has 0 unspecified atom stereocenters. The van der Waals surface area contributed by atoms with Crippen molar-refractivity contribution in [2.24, 2.45) is 0 Å². The lowest BCUT2D eigenvalue weighted by Gasteiger charge is -2.40. The van der Waals surface area contributed by atoms with Crippen LogP contribution in [0.5, 0.6) is 0 Å². The first-order valence-corrected chi connectivity index (χ1v) is 6.30. The summed E-state index contributed by atoms with van der Waals surface area (Å²) in [4.78, 5) is 24.8. The van der Waals surface area contributed by atoms with Crippen molar-refractivity contribution in [3.8, 4) is 0 Å². The van der Waals surface area contributed by atoms with Crippen LogP contribution in [0.4, 0.5) is 4.79 Å². The van der Waals surface area contributed by atoms with Crippen molar-refractivity contribution in [3.05, 3.63) is 18.0 Å². The highest BCUT2D eigenvalue weighted by molar-refractivity contribution is 5.92. The number of likely N-dealkylation sites (tertiary alicyclic amines) is 1. The van der Waals surface area contributed by atoms with Crippen molar-refractivity contribution in [2.45, 2.75) is 39.3 Å². The highest BCUT2D eigenvalue weighted by Crippen LogP contribution is 2.24. The van der Waals surface area contributed by atoms with Gasteiger partial charge in [-0.3, -0.25) is 9.48 Å². The number of hydrogen-bond donors (Lipinski definition) is 0. The Morgan fingerprint density at radius 3 is 2.53 bits per heavy atom. The summed E-state index contributed by atoms with van der Waals surface area (Å²) in [6, 6.07) is 1.75. The fourth-order valence-electron chi connectivity index (χ4n) is 1.97. The molecular weight excluding hydrogens is 246 g/mol. The summed E-state index contributed by atoms with van der Waals surface area (Å²) in [5.74, 6) is -0.0202. The van der Waals surface area contributed by atoms with E-state index in [2.05, 4.69) is 5.10 Å². The second-order valence-corrected chi connectivity index (χ2v) is 5.76. The maximum absolute atomic E-state index is 11.8. The van der Waals surface area contributed by atoms with Gasteiger partial charge in [0, 0.05) is 26.2 Å². The first kappa shape index (κ1) is 13.6. The summed E-state index contributed by atoms with van der Waals surface area (Å²) in [7, 11) is 0. The molecule has 0 bridgehead atoms. The van der Waals surface area contributed by atoms with Gasteiger partial charge in [-0.05, 0) is 26.8 Å². The number of nitrogens with zero attached hydrogens (tertiary/aromatic N) is 3. The second kappa shape index (κ2) is 4.68. The third-order valence-corrected chi connectivity index (χ3v) is 2.89. The molecule has 104 valence electrons. The lowest BCUT2D eigenvalue weighted by atomic mass is 10.1. The summed E-state index contributed by atoms with van der Waals surface area (Å²) in [5.41, 5.74) is 0.0899. The molecule has 0 saturated carbocycles. The summed E-state index contributed by atoms with van der Waals surface area (Å²) in [6.07, 6.45) is 1.28. The van der Waals surface area contributed by atoms with Crippen molar-refractivity contribution in [3.63, 3.8) is 0 Å². The number of hydrogen-bond acceptors (Lipinski definition) is 4. The Kier molecular flexibility index (Phi) is 3.34. The Bertz CT molecular complexity index is 495. The summed E-state index contributed by atoms with van der Waals surface area (Å²) < 4.78 is 6.96. The monoisotopic (exact) mass is 265 g/mol. The Labute approximate surface area is 112 Å². The van der Waals surface area contributed by atoms with E-state index in [1.165, 1.54) is 6.92 Å². The zero-order valence-electron chi connectivity index (χ0n) is 11.7. The van der Waals surface area contributed by atoms with Gasteiger partial charge in [0.2, 0.25) is 0 Å². The first-order valence-electron chi connectivity index (χ1n) is 6.30. The van der Waals surface area contributed by atoms with Crippen molar-refractivity contribution >= 4 is 11.9 Å². The molecule has 1 aliphatic rings. The Hall–Kier alpha value is -1.85. The van der Waals surface area contributed by atoms with Gasteiger partial charge in [0.25, 0.3) is 0 Å². The average molecular weight is 265 g/mol. The van der Waals surface area contributed by atoms with Crippen LogP contribution in [0.15, 0.2) is 12.3 Å². The number of aromatic nitrogens is 2. The fourth-order valence-corrected chi connectivity index (χ4v) is 1.97. The molecule has 1 saturated heterocycles. The zero-order chi connectivity index (χ0) is 14.2. The van der Waals surface area contributed by atoms with Gasteiger partial charge in [-0.1, -0.05) is 0 Å². The van der Waals surface area contributed by atoms with Crippen LogP contribution in [-0.4, -0.2) is 45.2 Å². The van der Waals surface area contributed by atoms with Crippen molar-refractivity contribution in [1.29, 1.82) is 0 Å². The van der Waals surface area contributed by atoms with Gasteiger partial charge >= 0.3 is 6.09 Å². The van der Waals surface area contributed by atoms with E-state index < -0.39 is 5.60 Å². The molecule has 0 radical (unpaired) electrons. The molecule has 0 spiro atoms. The molecule has 0 atom stereocenters. The van der Waals surface area contributed by atoms with E-state index in [4.69, 9.17) is 4.74 Å². The van der Waals surface area contributed by atoms with E-state index in [9.17, 15) is 9.59 Å². The third kappa shape index (κ3) is 2.94. The van der Waals surface area contributed by atoms with E-state index >= 15 is 0 Å². The van der Waals surface area contributed by atoms with Crippen LogP contribution in [0, 0.1) is 0 Å². The van der Waals surface area contributed by atoms with Gasteiger partial charge in [0.15, 0.2) is 5.78 Å². The maximum Gasteiger partial charge on any atom is 0.410 e. The Morgan fingerprint density at radius 2 is 2.00 bits per heavy atom. The number of Topliss-reactive ketones (excluding diaryl/α,β-unsaturated/α-hetero) is 1. The summed E-state index contributed by atoms with van der Waals surface area (Å²) in [6.45, 7) is 8.07. The van der Waals surface area contributed by atoms with Gasteiger partial charge in [-0.15, -0.1) is 0 Å². The van der Waals surface area contributed by atoms with Gasteiger partial charge in [0.05, 0.1) is 6.04 Å². The van der Waals surface area contributed by atoms with E-state index in [-0.39, 0.29) is 17.9 Å². The lowest BCUT2D eigenvalue weighted by Crippen LogP contribution is -2.52. The number of carbonyl (C=O) groups excluding carboxylic acids is 2. The molecule has 1 amide bonds. The van der Waals surface area contributed by atoms with Gasteiger partial charge < -0.3 is 9.64 Å². The summed E-state index contributed by atoms with van der Waals surface area (Å²) >= 11 is 0. The largest absolute Gasteiger partial charge is 0.444 e. The topological polar surface area (TPSA) is 64.4 Å². The van der Waals surface area contributed by atoms with Crippen LogP contribution >= 0.6 is 0 Å². The van der Waals surface area contributed by atoms with Gasteiger partial charge in [-0.2, -0.15) is 5.10 Å². The molecule has 6 nitrogen and oxygen atoms in total. The third-order valence-electron chi connectivity index (χ3n) is 2.89. The molecule has 2 rings (SSSR count). The van der Waals surface area contributed by atoms with E-state index in [0.717, 1.165) is 0 Å². The molecule has 1 aromatic heterocycles. The van der Waals surface area contributed by atoms with E-state index in [0.29, 0.717) is 18.8 Å².